The fraction of sp³-hybridized carbons (Fsp3) is 0.662. The minimum atomic E-state index is -0.802. The zero-order valence-electron chi connectivity index (χ0n) is 52.0. The lowest BCUT2D eigenvalue weighted by atomic mass is 10.1. The number of rotatable bonds is 59. The molecule has 0 N–H and O–H groups in total. The molecule has 0 aromatic heterocycles. The summed E-state index contributed by atoms with van der Waals surface area (Å²) in [5, 5.41) is 0. The molecule has 0 aliphatic carbocycles. The molecule has 454 valence electrons. The van der Waals surface area contributed by atoms with Crippen molar-refractivity contribution in [3.8, 4) is 0 Å². The van der Waals surface area contributed by atoms with Gasteiger partial charge in [0.25, 0.3) is 0 Å². The van der Waals surface area contributed by atoms with E-state index < -0.39 is 6.10 Å². The molecule has 0 aliphatic rings. The summed E-state index contributed by atoms with van der Waals surface area (Å²) < 4.78 is 16.9. The van der Waals surface area contributed by atoms with Crippen LogP contribution in [-0.2, 0) is 28.6 Å². The molecule has 0 aromatic carbocycles. The van der Waals surface area contributed by atoms with Gasteiger partial charge in [-0.15, -0.1) is 0 Å². The third-order valence-electron chi connectivity index (χ3n) is 13.9. The Bertz CT molecular complexity index is 1700. The molecule has 0 aromatic rings. The molecule has 6 nitrogen and oxygen atoms in total. The van der Waals surface area contributed by atoms with E-state index in [-0.39, 0.29) is 31.1 Å². The van der Waals surface area contributed by atoms with E-state index >= 15 is 0 Å². The normalized spacial score (nSPS) is 13.0. The molecule has 0 fully saturated rings. The van der Waals surface area contributed by atoms with Crippen LogP contribution in [0.1, 0.15) is 297 Å². The molecule has 6 heteroatoms. The van der Waals surface area contributed by atoms with Gasteiger partial charge in [-0.1, -0.05) is 276 Å². The maximum absolute atomic E-state index is 12.9. The Morgan fingerprint density at radius 3 is 0.775 bits per heavy atom. The SMILES string of the molecule is CC/C=C\C/C=C\C/C=C\C/C=C\C/C=C\CCCCCCCCCC(=O)OCC(COC(=O)CCCCCCCCC/C=C\CCCCCCCCC)OC(=O)CCCCCCC/C=C\C/C=C\C/C=C\C/C=C\C/C=C\CC. The highest BCUT2D eigenvalue weighted by molar-refractivity contribution is 5.71. The van der Waals surface area contributed by atoms with Crippen LogP contribution in [0, 0.1) is 0 Å². The van der Waals surface area contributed by atoms with Gasteiger partial charge in [0.05, 0.1) is 0 Å². The fourth-order valence-corrected chi connectivity index (χ4v) is 8.96. The Kier molecular flexibility index (Phi) is 63.3. The van der Waals surface area contributed by atoms with Gasteiger partial charge >= 0.3 is 17.9 Å². The highest BCUT2D eigenvalue weighted by Crippen LogP contribution is 2.15. The second-order valence-corrected chi connectivity index (χ2v) is 21.6. The van der Waals surface area contributed by atoms with Gasteiger partial charge in [-0.05, 0) is 135 Å². The minimum Gasteiger partial charge on any atom is -0.462 e. The standard InChI is InChI=1S/C74H122O6/c1-4-7-10-13-16-19-22-25-28-31-34-36-37-39-40-43-46-49-52-55-58-61-64-67-73(76)79-70-71(69-78-72(75)66-63-60-57-54-51-48-45-42-33-30-27-24-21-18-15-12-9-6-3)80-74(77)68-65-62-59-56-53-50-47-44-41-38-35-32-29-26-23-20-17-14-11-8-5-2/h7-8,10-11,16-17,19-20,25-26,28-30,33-36,38-40,44,47,71H,4-6,9,12-15,18,21-24,27,31-32,37,41-43,45-46,48-70H2,1-3H3/b10-7-,11-8-,19-16-,20-17-,28-25-,29-26-,33-30-,36-34-,38-35-,40-39-,47-44-. The number of esters is 3. The number of carbonyl (C=O) groups is 3. The van der Waals surface area contributed by atoms with E-state index in [1.165, 1.54) is 109 Å². The van der Waals surface area contributed by atoms with E-state index in [0.29, 0.717) is 19.3 Å². The van der Waals surface area contributed by atoms with Crippen LogP contribution in [0.3, 0.4) is 0 Å². The van der Waals surface area contributed by atoms with E-state index in [1.807, 2.05) is 0 Å². The topological polar surface area (TPSA) is 78.9 Å². The molecule has 0 rings (SSSR count). The van der Waals surface area contributed by atoms with Gasteiger partial charge in [0.1, 0.15) is 13.2 Å². The number of ether oxygens (including phenoxy) is 3. The zero-order chi connectivity index (χ0) is 57.8. The van der Waals surface area contributed by atoms with Crippen molar-refractivity contribution in [2.45, 2.75) is 303 Å². The Labute approximate surface area is 494 Å². The molecule has 0 radical (unpaired) electrons. The molecule has 0 saturated heterocycles. The molecule has 1 unspecified atom stereocenters. The van der Waals surface area contributed by atoms with Crippen molar-refractivity contribution < 1.29 is 28.6 Å². The summed E-state index contributed by atoms with van der Waals surface area (Å²) in [7, 11) is 0. The van der Waals surface area contributed by atoms with Crippen molar-refractivity contribution in [2.24, 2.45) is 0 Å². The van der Waals surface area contributed by atoms with Gasteiger partial charge in [0, 0.05) is 19.3 Å². The summed E-state index contributed by atoms with van der Waals surface area (Å²) in [4.78, 5) is 38.4. The molecule has 0 aliphatic heterocycles. The van der Waals surface area contributed by atoms with Crippen LogP contribution in [0.4, 0.5) is 0 Å². The highest BCUT2D eigenvalue weighted by Gasteiger charge is 2.19. The molecule has 0 heterocycles. The molecular weight excluding hydrogens is 985 g/mol. The third-order valence-corrected chi connectivity index (χ3v) is 13.9. The fourth-order valence-electron chi connectivity index (χ4n) is 8.96. The van der Waals surface area contributed by atoms with Crippen LogP contribution in [0.15, 0.2) is 134 Å². The summed E-state index contributed by atoms with van der Waals surface area (Å²) in [6.45, 7) is 6.40. The largest absolute Gasteiger partial charge is 0.462 e. The Hall–Kier alpha value is -4.45. The number of hydrogen-bond donors (Lipinski definition) is 0. The summed E-state index contributed by atoms with van der Waals surface area (Å²) in [6, 6.07) is 0. The van der Waals surface area contributed by atoms with Crippen LogP contribution >= 0.6 is 0 Å². The average molecular weight is 1110 g/mol. The van der Waals surface area contributed by atoms with Gasteiger partial charge in [-0.25, -0.2) is 0 Å². The summed E-state index contributed by atoms with van der Waals surface area (Å²) in [6.07, 6.45) is 94.5. The first kappa shape index (κ1) is 75.5. The first-order valence-electron chi connectivity index (χ1n) is 33.2. The predicted molar refractivity (Wildman–Crippen MR) is 348 cm³/mol. The Morgan fingerprint density at radius 1 is 0.263 bits per heavy atom. The van der Waals surface area contributed by atoms with Crippen molar-refractivity contribution in [3.63, 3.8) is 0 Å². The zero-order valence-corrected chi connectivity index (χ0v) is 52.0. The highest BCUT2D eigenvalue weighted by atomic mass is 16.6. The van der Waals surface area contributed by atoms with Crippen LogP contribution < -0.4 is 0 Å². The maximum atomic E-state index is 12.9. The first-order chi connectivity index (χ1) is 39.5. The number of hydrogen-bond acceptors (Lipinski definition) is 6. The molecule has 80 heavy (non-hydrogen) atoms. The van der Waals surface area contributed by atoms with E-state index in [1.54, 1.807) is 0 Å². The van der Waals surface area contributed by atoms with Crippen LogP contribution in [0.5, 0.6) is 0 Å². The monoisotopic (exact) mass is 1110 g/mol. The van der Waals surface area contributed by atoms with Crippen molar-refractivity contribution in [3.05, 3.63) is 134 Å². The maximum Gasteiger partial charge on any atom is 0.306 e. The second kappa shape index (κ2) is 67.1. The van der Waals surface area contributed by atoms with Gasteiger partial charge in [-0.2, -0.15) is 0 Å². The van der Waals surface area contributed by atoms with Crippen LogP contribution in [0.25, 0.3) is 0 Å². The molecule has 0 spiro atoms. The van der Waals surface area contributed by atoms with Gasteiger partial charge in [0.2, 0.25) is 0 Å². The lowest BCUT2D eigenvalue weighted by Gasteiger charge is -2.18. The third kappa shape index (κ3) is 64.4. The lowest BCUT2D eigenvalue weighted by Crippen LogP contribution is -2.30. The predicted octanol–water partition coefficient (Wildman–Crippen LogP) is 22.9. The molecule has 1 atom stereocenters. The molecular formula is C74H122O6. The first-order valence-corrected chi connectivity index (χ1v) is 33.2. The van der Waals surface area contributed by atoms with E-state index in [0.717, 1.165) is 148 Å². The molecule has 0 amide bonds. The van der Waals surface area contributed by atoms with Gasteiger partial charge in [-0.3, -0.25) is 14.4 Å². The summed E-state index contributed by atoms with van der Waals surface area (Å²) in [5.74, 6) is -0.924. The summed E-state index contributed by atoms with van der Waals surface area (Å²) >= 11 is 0. The quantitative estimate of drug-likeness (QED) is 0.0261. The van der Waals surface area contributed by atoms with E-state index in [4.69, 9.17) is 14.2 Å². The van der Waals surface area contributed by atoms with Crippen molar-refractivity contribution in [1.82, 2.24) is 0 Å². The summed E-state index contributed by atoms with van der Waals surface area (Å²) in [5.41, 5.74) is 0. The second-order valence-electron chi connectivity index (χ2n) is 21.6. The number of allylic oxidation sites excluding steroid dienone is 22. The smallest absolute Gasteiger partial charge is 0.306 e. The number of carbonyl (C=O) groups excluding carboxylic acids is 3. The van der Waals surface area contributed by atoms with Crippen molar-refractivity contribution >= 4 is 17.9 Å². The molecule has 0 saturated carbocycles. The van der Waals surface area contributed by atoms with E-state index in [9.17, 15) is 14.4 Å². The van der Waals surface area contributed by atoms with Crippen molar-refractivity contribution in [1.29, 1.82) is 0 Å². The van der Waals surface area contributed by atoms with Crippen LogP contribution in [-0.4, -0.2) is 37.2 Å². The Balaban J connectivity index is 4.47. The molecule has 0 bridgehead atoms. The minimum absolute atomic E-state index is 0.0950. The van der Waals surface area contributed by atoms with Gasteiger partial charge < -0.3 is 14.2 Å². The average Bonchev–Trinajstić information content (AvgIpc) is 3.46. The van der Waals surface area contributed by atoms with Crippen molar-refractivity contribution in [2.75, 3.05) is 13.2 Å². The van der Waals surface area contributed by atoms with E-state index in [2.05, 4.69) is 154 Å². The number of unbranched alkanes of at least 4 members (excludes halogenated alkanes) is 26. The lowest BCUT2D eigenvalue weighted by molar-refractivity contribution is -0.167. The van der Waals surface area contributed by atoms with Crippen LogP contribution in [0.2, 0.25) is 0 Å². The van der Waals surface area contributed by atoms with Gasteiger partial charge in [0.15, 0.2) is 6.10 Å². The Morgan fingerprint density at radius 2 is 0.487 bits per heavy atom.